The second kappa shape index (κ2) is 24.6. The van der Waals surface area contributed by atoms with Crippen molar-refractivity contribution in [2.75, 3.05) is 17.8 Å². The van der Waals surface area contributed by atoms with Crippen LogP contribution in [0.3, 0.4) is 0 Å². The average molecular weight is 393 g/mol. The summed E-state index contributed by atoms with van der Waals surface area (Å²) in [6.07, 6.45) is 29.0. The van der Waals surface area contributed by atoms with E-state index in [0.29, 0.717) is 10.9 Å². The lowest BCUT2D eigenvalue weighted by Crippen LogP contribution is -3.00. The van der Waals surface area contributed by atoms with E-state index in [4.69, 9.17) is 0 Å². The zero-order valence-corrected chi connectivity index (χ0v) is 19.5. The summed E-state index contributed by atoms with van der Waals surface area (Å²) in [4.78, 5) is 0. The van der Waals surface area contributed by atoms with Crippen molar-refractivity contribution in [2.45, 2.75) is 129 Å². The highest BCUT2D eigenvalue weighted by Gasteiger charge is 2.05. The summed E-state index contributed by atoms with van der Waals surface area (Å²) in [7, 11) is 0.705. The van der Waals surface area contributed by atoms with E-state index in [1.807, 2.05) is 0 Å². The van der Waals surface area contributed by atoms with Gasteiger partial charge in [0.15, 0.2) is 0 Å². The van der Waals surface area contributed by atoms with Gasteiger partial charge in [-0.25, -0.2) is 0 Å². The van der Waals surface area contributed by atoms with Crippen LogP contribution in [0.5, 0.6) is 0 Å². The highest BCUT2D eigenvalue weighted by Crippen LogP contribution is 2.14. The number of unbranched alkanes of at least 4 members (excludes halogenated alkanes) is 17. The minimum atomic E-state index is 0. The van der Waals surface area contributed by atoms with Gasteiger partial charge in [-0.3, -0.25) is 0 Å². The van der Waals surface area contributed by atoms with E-state index >= 15 is 0 Å². The van der Waals surface area contributed by atoms with Crippen LogP contribution in [-0.2, 0) is 10.9 Å². The van der Waals surface area contributed by atoms with Gasteiger partial charge in [0.1, 0.15) is 11.5 Å². The zero-order chi connectivity index (χ0) is 17.7. The van der Waals surface area contributed by atoms with Gasteiger partial charge >= 0.3 is 0 Å². The molecule has 0 aromatic rings. The molecule has 0 nitrogen and oxygen atoms in total. The first-order valence-electron chi connectivity index (χ1n) is 11.4. The molecule has 0 rings (SSSR count). The van der Waals surface area contributed by atoms with Crippen molar-refractivity contribution in [3.05, 3.63) is 0 Å². The quantitative estimate of drug-likeness (QED) is 0.195. The molecule has 0 bridgehead atoms. The van der Waals surface area contributed by atoms with Gasteiger partial charge in [-0.05, 0) is 30.7 Å². The van der Waals surface area contributed by atoms with Crippen molar-refractivity contribution in [1.29, 1.82) is 0 Å². The molecular formula is C23H49ClS. The first kappa shape index (κ1) is 27.9. The fourth-order valence-electron chi connectivity index (χ4n) is 3.39. The Kier molecular flexibility index (Phi) is 27.5. The van der Waals surface area contributed by atoms with Gasteiger partial charge in [0.2, 0.25) is 0 Å². The highest BCUT2D eigenvalue weighted by atomic mass is 35.5. The molecule has 0 N–H and O–H groups in total. The zero-order valence-electron chi connectivity index (χ0n) is 17.9. The Hall–Kier alpha value is 0.640. The van der Waals surface area contributed by atoms with Gasteiger partial charge in [0.25, 0.3) is 0 Å². The van der Waals surface area contributed by atoms with Crippen molar-refractivity contribution in [2.24, 2.45) is 0 Å². The molecule has 25 heavy (non-hydrogen) atoms. The van der Waals surface area contributed by atoms with Crippen LogP contribution in [0.4, 0.5) is 0 Å². The van der Waals surface area contributed by atoms with Crippen molar-refractivity contribution < 1.29 is 12.4 Å². The smallest absolute Gasteiger partial charge is 0.107 e. The molecule has 2 heteroatoms. The van der Waals surface area contributed by atoms with Crippen LogP contribution < -0.4 is 12.4 Å². The Morgan fingerprint density at radius 3 is 1.00 bits per heavy atom. The first-order chi connectivity index (χ1) is 11.8. The summed E-state index contributed by atoms with van der Waals surface area (Å²) in [6.45, 7) is 4.63. The van der Waals surface area contributed by atoms with E-state index in [9.17, 15) is 0 Å². The summed E-state index contributed by atoms with van der Waals surface area (Å²) in [5.41, 5.74) is 0. The van der Waals surface area contributed by atoms with Crippen LogP contribution >= 0.6 is 0 Å². The summed E-state index contributed by atoms with van der Waals surface area (Å²) < 4.78 is 0. The molecule has 0 aromatic carbocycles. The van der Waals surface area contributed by atoms with Crippen LogP contribution in [0.25, 0.3) is 0 Å². The molecule has 0 aromatic heterocycles. The maximum atomic E-state index is 2.42. The molecule has 1 atom stereocenters. The minimum absolute atomic E-state index is 0. The topological polar surface area (TPSA) is 0 Å². The van der Waals surface area contributed by atoms with Crippen molar-refractivity contribution >= 4 is 10.9 Å². The summed E-state index contributed by atoms with van der Waals surface area (Å²) in [5.74, 6) is 2.87. The van der Waals surface area contributed by atoms with Gasteiger partial charge < -0.3 is 12.4 Å². The third-order valence-corrected chi connectivity index (χ3v) is 7.31. The van der Waals surface area contributed by atoms with Crippen LogP contribution in [-0.4, -0.2) is 17.8 Å². The maximum Gasteiger partial charge on any atom is 0.107 e. The predicted molar refractivity (Wildman–Crippen MR) is 117 cm³/mol. The molecule has 0 fully saturated rings. The maximum absolute atomic E-state index is 2.42. The van der Waals surface area contributed by atoms with Crippen LogP contribution in [0.1, 0.15) is 129 Å². The predicted octanol–water partition coefficient (Wildman–Crippen LogP) is 5.30. The SMILES string of the molecule is CCCCCCCCCCCCCCCCCCCC[S+](C)CC.[Cl-]. The molecule has 0 radical (unpaired) electrons. The fraction of sp³-hybridized carbons (Fsp3) is 1.00. The van der Waals surface area contributed by atoms with Gasteiger partial charge in [-0.2, -0.15) is 0 Å². The normalized spacial score (nSPS) is 12.1. The molecule has 1 unspecified atom stereocenters. The van der Waals surface area contributed by atoms with Crippen LogP contribution in [0.2, 0.25) is 0 Å². The van der Waals surface area contributed by atoms with Crippen LogP contribution in [0.15, 0.2) is 0 Å². The molecule has 0 aliphatic carbocycles. The second-order valence-electron chi connectivity index (χ2n) is 7.78. The lowest BCUT2D eigenvalue weighted by Gasteiger charge is -2.04. The van der Waals surface area contributed by atoms with E-state index in [-0.39, 0.29) is 12.4 Å². The molecule has 0 aliphatic rings. The monoisotopic (exact) mass is 392 g/mol. The highest BCUT2D eigenvalue weighted by molar-refractivity contribution is 7.96. The Bertz CT molecular complexity index is 220. The molecule has 0 amide bonds. The summed E-state index contributed by atoms with van der Waals surface area (Å²) in [5, 5.41) is 0. The Balaban J connectivity index is 0. The summed E-state index contributed by atoms with van der Waals surface area (Å²) in [6, 6.07) is 0. The molecule has 0 saturated heterocycles. The van der Waals surface area contributed by atoms with Gasteiger partial charge in [-0.15, -0.1) is 0 Å². The fourth-order valence-corrected chi connectivity index (χ4v) is 4.38. The molecular weight excluding hydrogens is 344 g/mol. The Labute approximate surface area is 170 Å². The number of hydrogen-bond acceptors (Lipinski definition) is 0. The third kappa shape index (κ3) is 24.6. The second-order valence-corrected chi connectivity index (χ2v) is 10.3. The van der Waals surface area contributed by atoms with Crippen LogP contribution in [0, 0.1) is 0 Å². The molecule has 154 valence electrons. The van der Waals surface area contributed by atoms with Crippen molar-refractivity contribution in [3.8, 4) is 0 Å². The molecule has 0 spiro atoms. The number of hydrogen-bond donors (Lipinski definition) is 0. The Morgan fingerprint density at radius 2 is 0.720 bits per heavy atom. The van der Waals surface area contributed by atoms with E-state index in [0.717, 1.165) is 0 Å². The van der Waals surface area contributed by atoms with Gasteiger partial charge in [0, 0.05) is 0 Å². The van der Waals surface area contributed by atoms with E-state index < -0.39 is 0 Å². The van der Waals surface area contributed by atoms with Crippen molar-refractivity contribution in [1.82, 2.24) is 0 Å². The lowest BCUT2D eigenvalue weighted by molar-refractivity contribution is -0.00000546. The molecule has 0 saturated carbocycles. The number of rotatable bonds is 20. The Morgan fingerprint density at radius 1 is 0.440 bits per heavy atom. The number of halogens is 1. The van der Waals surface area contributed by atoms with Gasteiger partial charge in [0.05, 0.1) is 6.26 Å². The molecule has 0 aliphatic heterocycles. The van der Waals surface area contributed by atoms with E-state index in [2.05, 4.69) is 20.1 Å². The van der Waals surface area contributed by atoms with Crippen molar-refractivity contribution in [3.63, 3.8) is 0 Å². The first-order valence-corrected chi connectivity index (χ1v) is 13.4. The molecule has 0 heterocycles. The largest absolute Gasteiger partial charge is 1.00 e. The standard InChI is InChI=1S/C23H49S.ClH/c1-4-6-7-8-9-10-11-12-13-14-15-16-17-18-19-20-21-22-23-24(3)5-2;/h4-23H2,1-3H3;1H/q+1;/p-1. The average Bonchev–Trinajstić information content (AvgIpc) is 2.60. The summed E-state index contributed by atoms with van der Waals surface area (Å²) >= 11 is 0. The van der Waals surface area contributed by atoms with E-state index in [1.54, 1.807) is 0 Å². The van der Waals surface area contributed by atoms with E-state index in [1.165, 1.54) is 127 Å². The third-order valence-electron chi connectivity index (χ3n) is 5.34. The van der Waals surface area contributed by atoms with Gasteiger partial charge in [-0.1, -0.05) is 110 Å². The minimum Gasteiger partial charge on any atom is -1.00 e. The lowest BCUT2D eigenvalue weighted by atomic mass is 10.0.